The molecule has 0 saturated carbocycles. The van der Waals surface area contributed by atoms with Gasteiger partial charge in [0.1, 0.15) is 0 Å². The number of benzene rings is 1. The number of ether oxygens (including phenoxy) is 1. The lowest BCUT2D eigenvalue weighted by molar-refractivity contribution is -0.119. The first kappa shape index (κ1) is 11.8. The Hall–Kier alpha value is -1.68. The molecule has 1 aromatic heterocycles. The van der Waals surface area contributed by atoms with E-state index >= 15 is 0 Å². The number of nitrogens with zero attached hydrogens (tertiary/aromatic N) is 2. The number of imidazole rings is 1. The summed E-state index contributed by atoms with van der Waals surface area (Å²) in [4.78, 5) is 16.0. The van der Waals surface area contributed by atoms with Crippen LogP contribution in [0.2, 0.25) is 0 Å². The largest absolute Gasteiger partial charge is 0.385 e. The molecule has 2 aromatic rings. The van der Waals surface area contributed by atoms with Gasteiger partial charge < -0.3 is 9.30 Å². The zero-order valence-electron chi connectivity index (χ0n) is 9.93. The number of Topliss-reactive ketones (excluding diaryl/α,β-unsaturated/α-hetero) is 1. The highest BCUT2D eigenvalue weighted by molar-refractivity contribution is 5.81. The second kappa shape index (κ2) is 5.59. The maximum atomic E-state index is 11.7. The van der Waals surface area contributed by atoms with E-state index in [4.69, 9.17) is 4.74 Å². The van der Waals surface area contributed by atoms with Crippen molar-refractivity contribution in [1.29, 1.82) is 0 Å². The number of hydrogen-bond acceptors (Lipinski definition) is 3. The van der Waals surface area contributed by atoms with Crippen LogP contribution in [0.4, 0.5) is 0 Å². The quantitative estimate of drug-likeness (QED) is 0.716. The third kappa shape index (κ3) is 2.91. The summed E-state index contributed by atoms with van der Waals surface area (Å²) in [5.74, 6) is 0.213. The van der Waals surface area contributed by atoms with Crippen LogP contribution in [0, 0.1) is 0 Å². The van der Waals surface area contributed by atoms with Crippen molar-refractivity contribution in [3.63, 3.8) is 0 Å². The van der Waals surface area contributed by atoms with E-state index in [-0.39, 0.29) is 5.78 Å². The van der Waals surface area contributed by atoms with E-state index in [2.05, 4.69) is 4.98 Å². The molecule has 0 spiro atoms. The summed E-state index contributed by atoms with van der Waals surface area (Å²) < 4.78 is 6.82. The van der Waals surface area contributed by atoms with Crippen LogP contribution in [-0.2, 0) is 16.1 Å². The monoisotopic (exact) mass is 232 g/mol. The van der Waals surface area contributed by atoms with E-state index in [0.29, 0.717) is 19.6 Å². The van der Waals surface area contributed by atoms with Crippen LogP contribution >= 0.6 is 0 Å². The van der Waals surface area contributed by atoms with Crippen molar-refractivity contribution in [3.05, 3.63) is 30.6 Å². The van der Waals surface area contributed by atoms with E-state index < -0.39 is 0 Å². The van der Waals surface area contributed by atoms with Crippen molar-refractivity contribution in [3.8, 4) is 0 Å². The van der Waals surface area contributed by atoms with Crippen LogP contribution in [-0.4, -0.2) is 29.1 Å². The summed E-state index contributed by atoms with van der Waals surface area (Å²) in [5.41, 5.74) is 1.93. The fourth-order valence-corrected chi connectivity index (χ4v) is 1.82. The molecule has 0 saturated heterocycles. The first-order valence-electron chi connectivity index (χ1n) is 5.72. The summed E-state index contributed by atoms with van der Waals surface area (Å²) >= 11 is 0. The van der Waals surface area contributed by atoms with Crippen molar-refractivity contribution in [2.24, 2.45) is 0 Å². The Balaban J connectivity index is 2.01. The van der Waals surface area contributed by atoms with Crippen molar-refractivity contribution in [2.45, 2.75) is 19.4 Å². The molecule has 0 radical (unpaired) electrons. The first-order chi connectivity index (χ1) is 8.31. The molecule has 0 fully saturated rings. The highest BCUT2D eigenvalue weighted by Crippen LogP contribution is 2.12. The van der Waals surface area contributed by atoms with Crippen molar-refractivity contribution in [1.82, 2.24) is 9.55 Å². The van der Waals surface area contributed by atoms with Crippen LogP contribution in [0.25, 0.3) is 11.0 Å². The van der Waals surface area contributed by atoms with Gasteiger partial charge in [-0.25, -0.2) is 4.98 Å². The van der Waals surface area contributed by atoms with Gasteiger partial charge in [-0.2, -0.15) is 0 Å². The Bertz CT molecular complexity index is 505. The average Bonchev–Trinajstić information content (AvgIpc) is 2.73. The van der Waals surface area contributed by atoms with Gasteiger partial charge in [-0.1, -0.05) is 12.1 Å². The van der Waals surface area contributed by atoms with Crippen LogP contribution in [0.5, 0.6) is 0 Å². The number of ketones is 1. The minimum atomic E-state index is 0.213. The van der Waals surface area contributed by atoms with Gasteiger partial charge >= 0.3 is 0 Å². The minimum absolute atomic E-state index is 0.213. The van der Waals surface area contributed by atoms with Gasteiger partial charge in [0.05, 0.1) is 23.9 Å². The summed E-state index contributed by atoms with van der Waals surface area (Å²) in [7, 11) is 1.65. The molecule has 0 N–H and O–H groups in total. The number of rotatable bonds is 6. The Kier molecular flexibility index (Phi) is 3.88. The SMILES string of the molecule is COCCCC(=O)Cn1cnc2ccccc21. The van der Waals surface area contributed by atoms with Crippen LogP contribution in [0.3, 0.4) is 0 Å². The second-order valence-corrected chi connectivity index (χ2v) is 4.00. The summed E-state index contributed by atoms with van der Waals surface area (Å²) in [6, 6.07) is 7.82. The third-order valence-corrected chi connectivity index (χ3v) is 2.68. The molecule has 2 rings (SSSR count). The number of para-hydroxylation sites is 2. The molecule has 0 bridgehead atoms. The molecule has 1 aromatic carbocycles. The van der Waals surface area contributed by atoms with Gasteiger partial charge in [-0.15, -0.1) is 0 Å². The minimum Gasteiger partial charge on any atom is -0.385 e. The predicted molar refractivity (Wildman–Crippen MR) is 65.9 cm³/mol. The fraction of sp³-hybridized carbons (Fsp3) is 0.385. The summed E-state index contributed by atoms with van der Waals surface area (Å²) in [6.45, 7) is 1.03. The van der Waals surface area contributed by atoms with E-state index in [1.165, 1.54) is 0 Å². The molecule has 4 heteroatoms. The summed E-state index contributed by atoms with van der Waals surface area (Å²) in [5, 5.41) is 0. The first-order valence-corrected chi connectivity index (χ1v) is 5.72. The Morgan fingerprint density at radius 3 is 3.06 bits per heavy atom. The molecule has 0 aliphatic carbocycles. The molecule has 0 aliphatic heterocycles. The Morgan fingerprint density at radius 1 is 1.41 bits per heavy atom. The third-order valence-electron chi connectivity index (χ3n) is 2.68. The standard InChI is InChI=1S/C13H16N2O2/c1-17-8-4-5-11(16)9-15-10-14-12-6-2-3-7-13(12)15/h2-3,6-7,10H,4-5,8-9H2,1H3. The summed E-state index contributed by atoms with van der Waals surface area (Å²) in [6.07, 6.45) is 3.06. The zero-order valence-corrected chi connectivity index (χ0v) is 9.93. The van der Waals surface area contributed by atoms with Crippen molar-refractivity contribution < 1.29 is 9.53 Å². The van der Waals surface area contributed by atoms with E-state index in [1.54, 1.807) is 13.4 Å². The highest BCUT2D eigenvalue weighted by Gasteiger charge is 2.06. The number of methoxy groups -OCH3 is 1. The molecule has 90 valence electrons. The number of carbonyl (C=O) groups is 1. The Morgan fingerprint density at radius 2 is 2.24 bits per heavy atom. The van der Waals surface area contributed by atoms with Gasteiger partial charge in [-0.3, -0.25) is 4.79 Å². The molecule has 4 nitrogen and oxygen atoms in total. The molecule has 0 amide bonds. The van der Waals surface area contributed by atoms with Crippen molar-refractivity contribution in [2.75, 3.05) is 13.7 Å². The van der Waals surface area contributed by atoms with E-state index in [1.807, 2.05) is 28.8 Å². The van der Waals surface area contributed by atoms with Crippen LogP contribution < -0.4 is 0 Å². The predicted octanol–water partition coefficient (Wildman–Crippen LogP) is 2.03. The smallest absolute Gasteiger partial charge is 0.152 e. The maximum absolute atomic E-state index is 11.7. The molecular weight excluding hydrogens is 216 g/mol. The molecular formula is C13H16N2O2. The second-order valence-electron chi connectivity index (χ2n) is 4.00. The molecule has 17 heavy (non-hydrogen) atoms. The Labute approximate surface area is 100 Å². The molecule has 0 atom stereocenters. The zero-order chi connectivity index (χ0) is 12.1. The number of aromatic nitrogens is 2. The topological polar surface area (TPSA) is 44.1 Å². The van der Waals surface area contributed by atoms with Gasteiger partial charge in [0.15, 0.2) is 5.78 Å². The fourth-order valence-electron chi connectivity index (χ4n) is 1.82. The highest BCUT2D eigenvalue weighted by atomic mass is 16.5. The lowest BCUT2D eigenvalue weighted by Crippen LogP contribution is -2.09. The van der Waals surface area contributed by atoms with Gasteiger partial charge in [-0.05, 0) is 18.6 Å². The van der Waals surface area contributed by atoms with Crippen LogP contribution in [0.1, 0.15) is 12.8 Å². The van der Waals surface area contributed by atoms with Crippen LogP contribution in [0.15, 0.2) is 30.6 Å². The lowest BCUT2D eigenvalue weighted by atomic mass is 10.2. The molecule has 0 aliphatic rings. The van der Waals surface area contributed by atoms with Gasteiger partial charge in [0.2, 0.25) is 0 Å². The number of fused-ring (bicyclic) bond motifs is 1. The lowest BCUT2D eigenvalue weighted by Gasteiger charge is -2.03. The number of hydrogen-bond donors (Lipinski definition) is 0. The van der Waals surface area contributed by atoms with Crippen molar-refractivity contribution >= 4 is 16.8 Å². The molecule has 1 heterocycles. The molecule has 0 unspecified atom stereocenters. The van der Waals surface area contributed by atoms with E-state index in [0.717, 1.165) is 17.5 Å². The van der Waals surface area contributed by atoms with Gasteiger partial charge in [0, 0.05) is 20.1 Å². The van der Waals surface area contributed by atoms with E-state index in [9.17, 15) is 4.79 Å². The average molecular weight is 232 g/mol. The van der Waals surface area contributed by atoms with Gasteiger partial charge in [0.25, 0.3) is 0 Å². The normalized spacial score (nSPS) is 10.9. The maximum Gasteiger partial charge on any atom is 0.152 e. The number of carbonyl (C=O) groups excluding carboxylic acids is 1.